The molecule has 2 aliphatic heterocycles. The Bertz CT molecular complexity index is 1430. The topological polar surface area (TPSA) is 86.3 Å². The van der Waals surface area contributed by atoms with Gasteiger partial charge < -0.3 is 29.2 Å². The maximum atomic E-state index is 12.2. The van der Waals surface area contributed by atoms with Crippen molar-refractivity contribution in [2.24, 2.45) is 5.41 Å². The third-order valence-corrected chi connectivity index (χ3v) is 7.62. The third-order valence-electron chi connectivity index (χ3n) is 7.62. The van der Waals surface area contributed by atoms with Crippen molar-refractivity contribution in [3.63, 3.8) is 0 Å². The summed E-state index contributed by atoms with van der Waals surface area (Å²) in [7, 11) is 1.39. The number of benzene rings is 3. The van der Waals surface area contributed by atoms with Crippen LogP contribution in [0.4, 0.5) is 10.5 Å². The molecular formula is C34H40N2O6. The summed E-state index contributed by atoms with van der Waals surface area (Å²) < 4.78 is 22.1. The van der Waals surface area contributed by atoms with Gasteiger partial charge in [0.15, 0.2) is 0 Å². The Balaban J connectivity index is 1.38. The van der Waals surface area contributed by atoms with Crippen molar-refractivity contribution < 1.29 is 28.5 Å². The smallest absolute Gasteiger partial charge is 0.407 e. The van der Waals surface area contributed by atoms with Crippen molar-refractivity contribution in [3.8, 4) is 16.9 Å². The standard InChI is InChI=1S/C34H40N2O6/c1-33(2,3)42-32(38)35-19-24-8-7-10-26(14-24)28-15-25(16-29(17-28)36-13-12-34(21-36)22-40-23-34)20-41-30-11-6-5-9-27(30)18-31(37)39-4/h5-11,14-17H,12-13,18-23H2,1-4H3,(H,35,38). The highest BCUT2D eigenvalue weighted by molar-refractivity contribution is 5.73. The molecule has 1 spiro atoms. The number of carbonyl (C=O) groups excluding carboxylic acids is 2. The number of amides is 1. The lowest BCUT2D eigenvalue weighted by Gasteiger charge is -2.38. The molecular weight excluding hydrogens is 532 g/mol. The van der Waals surface area contributed by atoms with Gasteiger partial charge in [0.05, 0.1) is 26.7 Å². The van der Waals surface area contributed by atoms with Crippen LogP contribution < -0.4 is 15.0 Å². The molecule has 8 nitrogen and oxygen atoms in total. The molecule has 1 N–H and O–H groups in total. The molecule has 5 rings (SSSR count). The van der Waals surface area contributed by atoms with Crippen LogP contribution in [0.25, 0.3) is 11.1 Å². The van der Waals surface area contributed by atoms with Gasteiger partial charge in [-0.15, -0.1) is 0 Å². The molecule has 0 aliphatic carbocycles. The number of rotatable bonds is 9. The summed E-state index contributed by atoms with van der Waals surface area (Å²) in [5.41, 5.74) is 5.76. The molecule has 8 heteroatoms. The molecule has 2 heterocycles. The summed E-state index contributed by atoms with van der Waals surface area (Å²) in [6.45, 7) is 9.85. The molecule has 0 unspecified atom stereocenters. The highest BCUT2D eigenvalue weighted by Crippen LogP contribution is 2.40. The van der Waals surface area contributed by atoms with E-state index in [1.54, 1.807) is 0 Å². The van der Waals surface area contributed by atoms with E-state index in [-0.39, 0.29) is 17.8 Å². The van der Waals surface area contributed by atoms with E-state index in [2.05, 4.69) is 40.5 Å². The summed E-state index contributed by atoms with van der Waals surface area (Å²) >= 11 is 0. The lowest BCUT2D eigenvalue weighted by Crippen LogP contribution is -2.44. The van der Waals surface area contributed by atoms with E-state index in [9.17, 15) is 9.59 Å². The molecule has 42 heavy (non-hydrogen) atoms. The number of carbonyl (C=O) groups is 2. The predicted molar refractivity (Wildman–Crippen MR) is 162 cm³/mol. The van der Waals surface area contributed by atoms with Gasteiger partial charge in [-0.25, -0.2) is 4.79 Å². The first kappa shape index (κ1) is 29.5. The summed E-state index contributed by atoms with van der Waals surface area (Å²) in [6.07, 6.45) is 0.834. The van der Waals surface area contributed by atoms with Crippen LogP contribution in [0, 0.1) is 5.41 Å². The number of alkyl carbamates (subject to hydrolysis) is 1. The number of anilines is 1. The van der Waals surface area contributed by atoms with Crippen LogP contribution in [-0.2, 0) is 38.6 Å². The van der Waals surface area contributed by atoms with Gasteiger partial charge in [-0.1, -0.05) is 36.4 Å². The number of nitrogens with one attached hydrogen (secondary N) is 1. The van der Waals surface area contributed by atoms with Gasteiger partial charge in [-0.3, -0.25) is 4.79 Å². The van der Waals surface area contributed by atoms with Crippen molar-refractivity contribution in [1.29, 1.82) is 0 Å². The average molecular weight is 573 g/mol. The number of methoxy groups -OCH3 is 1. The molecule has 222 valence electrons. The molecule has 2 fully saturated rings. The lowest BCUT2D eigenvalue weighted by molar-refractivity contribution is -0.139. The van der Waals surface area contributed by atoms with Gasteiger partial charge in [0.2, 0.25) is 0 Å². The zero-order valence-corrected chi connectivity index (χ0v) is 24.9. The molecule has 0 saturated carbocycles. The maximum absolute atomic E-state index is 12.2. The predicted octanol–water partition coefficient (Wildman–Crippen LogP) is 5.90. The fourth-order valence-corrected chi connectivity index (χ4v) is 5.42. The number of ether oxygens (including phenoxy) is 4. The summed E-state index contributed by atoms with van der Waals surface area (Å²) in [6, 6.07) is 22.3. The molecule has 3 aromatic rings. The molecule has 0 aromatic heterocycles. The van der Waals surface area contributed by atoms with Gasteiger partial charge in [0, 0.05) is 36.3 Å². The van der Waals surface area contributed by atoms with Gasteiger partial charge >= 0.3 is 12.1 Å². The van der Waals surface area contributed by atoms with Crippen molar-refractivity contribution in [2.75, 3.05) is 38.3 Å². The zero-order chi connectivity index (χ0) is 29.7. The number of hydrogen-bond acceptors (Lipinski definition) is 7. The minimum atomic E-state index is -0.551. The van der Waals surface area contributed by atoms with Crippen LogP contribution in [0.15, 0.2) is 66.7 Å². The quantitative estimate of drug-likeness (QED) is 0.320. The second-order valence-electron chi connectivity index (χ2n) is 12.3. The van der Waals surface area contributed by atoms with E-state index in [4.69, 9.17) is 18.9 Å². The van der Waals surface area contributed by atoms with Crippen LogP contribution in [0.5, 0.6) is 5.75 Å². The van der Waals surface area contributed by atoms with E-state index in [1.807, 2.05) is 57.2 Å². The van der Waals surface area contributed by atoms with Crippen molar-refractivity contribution in [2.45, 2.75) is 52.4 Å². The third kappa shape index (κ3) is 7.42. The molecule has 2 saturated heterocycles. The first-order valence-corrected chi connectivity index (χ1v) is 14.4. The zero-order valence-electron chi connectivity index (χ0n) is 24.9. The molecule has 1 amide bonds. The molecule has 2 aliphatic rings. The Morgan fingerprint density at radius 2 is 1.76 bits per heavy atom. The van der Waals surface area contributed by atoms with Crippen LogP contribution in [0.1, 0.15) is 43.9 Å². The first-order chi connectivity index (χ1) is 20.1. The molecule has 0 atom stereocenters. The van der Waals surface area contributed by atoms with Crippen molar-refractivity contribution in [3.05, 3.63) is 83.4 Å². The molecule has 0 radical (unpaired) electrons. The van der Waals surface area contributed by atoms with E-state index >= 15 is 0 Å². The lowest BCUT2D eigenvalue weighted by atomic mass is 9.85. The Morgan fingerprint density at radius 3 is 2.48 bits per heavy atom. The number of esters is 1. The van der Waals surface area contributed by atoms with Gasteiger partial charge in [0.1, 0.15) is 18.0 Å². The Kier molecular flexibility index (Phi) is 8.73. The van der Waals surface area contributed by atoms with Crippen molar-refractivity contribution in [1.82, 2.24) is 5.32 Å². The number of nitrogens with zero attached hydrogens (tertiary/aromatic N) is 1. The van der Waals surface area contributed by atoms with Crippen LogP contribution >= 0.6 is 0 Å². The number of hydrogen-bond donors (Lipinski definition) is 1. The summed E-state index contributed by atoms with van der Waals surface area (Å²) in [5, 5.41) is 2.85. The average Bonchev–Trinajstić information content (AvgIpc) is 3.42. The fraction of sp³-hybridized carbons (Fsp3) is 0.412. The Labute approximate surface area is 247 Å². The Morgan fingerprint density at radius 1 is 0.976 bits per heavy atom. The number of para-hydroxylation sites is 1. The molecule has 0 bridgehead atoms. The van der Waals surface area contributed by atoms with Crippen LogP contribution in [0.3, 0.4) is 0 Å². The van der Waals surface area contributed by atoms with Crippen LogP contribution in [-0.4, -0.2) is 51.1 Å². The minimum Gasteiger partial charge on any atom is -0.489 e. The minimum absolute atomic E-state index is 0.153. The first-order valence-electron chi connectivity index (χ1n) is 14.4. The largest absolute Gasteiger partial charge is 0.489 e. The SMILES string of the molecule is COC(=O)Cc1ccccc1OCc1cc(-c2cccc(CNC(=O)OC(C)(C)C)c2)cc(N2CCC3(COC3)C2)c1. The van der Waals surface area contributed by atoms with Crippen LogP contribution in [0.2, 0.25) is 0 Å². The summed E-state index contributed by atoms with van der Waals surface area (Å²) in [5.74, 6) is 0.358. The maximum Gasteiger partial charge on any atom is 0.407 e. The second-order valence-corrected chi connectivity index (χ2v) is 12.3. The normalized spacial score (nSPS) is 15.7. The van der Waals surface area contributed by atoms with Crippen molar-refractivity contribution >= 4 is 17.7 Å². The monoisotopic (exact) mass is 572 g/mol. The second kappa shape index (κ2) is 12.4. The highest BCUT2D eigenvalue weighted by Gasteiger charge is 2.44. The molecule has 3 aromatic carbocycles. The summed E-state index contributed by atoms with van der Waals surface area (Å²) in [4.78, 5) is 26.6. The van der Waals surface area contributed by atoms with Gasteiger partial charge in [0.25, 0.3) is 0 Å². The Hall–Kier alpha value is -4.04. The van der Waals surface area contributed by atoms with Gasteiger partial charge in [-0.2, -0.15) is 0 Å². The van der Waals surface area contributed by atoms with Gasteiger partial charge in [-0.05, 0) is 79.8 Å². The highest BCUT2D eigenvalue weighted by atomic mass is 16.6. The van der Waals surface area contributed by atoms with E-state index in [0.29, 0.717) is 18.9 Å². The van der Waals surface area contributed by atoms with E-state index in [0.717, 1.165) is 66.2 Å². The fourth-order valence-electron chi connectivity index (χ4n) is 5.42. The van der Waals surface area contributed by atoms with E-state index in [1.165, 1.54) is 7.11 Å². The van der Waals surface area contributed by atoms with E-state index < -0.39 is 11.7 Å².